The number of hydrazine groups is 1. The Kier molecular flexibility index (Phi) is 5.20. The maximum atomic E-state index is 5.81. The predicted octanol–water partition coefficient (Wildman–Crippen LogP) is 2.82. The van der Waals surface area contributed by atoms with Crippen LogP contribution >= 0.6 is 0 Å². The van der Waals surface area contributed by atoms with Gasteiger partial charge < -0.3 is 9.47 Å². The van der Waals surface area contributed by atoms with Crippen LogP contribution in [-0.4, -0.2) is 14.2 Å². The van der Waals surface area contributed by atoms with Crippen LogP contribution in [0.1, 0.15) is 29.7 Å². The Bertz CT molecular complexity index is 577. The van der Waals surface area contributed by atoms with Gasteiger partial charge >= 0.3 is 0 Å². The second-order valence-electron chi connectivity index (χ2n) is 4.77. The van der Waals surface area contributed by atoms with E-state index in [1.165, 1.54) is 5.56 Å². The monoisotopic (exact) mass is 286 g/mol. The summed E-state index contributed by atoms with van der Waals surface area (Å²) in [6, 6.07) is 13.9. The summed E-state index contributed by atoms with van der Waals surface area (Å²) in [4.78, 5) is 0. The summed E-state index contributed by atoms with van der Waals surface area (Å²) in [5.74, 6) is 7.31. The molecule has 0 saturated heterocycles. The highest BCUT2D eigenvalue weighted by molar-refractivity contribution is 5.50. The molecule has 1 atom stereocenters. The van der Waals surface area contributed by atoms with Gasteiger partial charge in [-0.05, 0) is 29.7 Å². The third-order valence-electron chi connectivity index (χ3n) is 3.61. The molecule has 0 aliphatic heterocycles. The quantitative estimate of drug-likeness (QED) is 0.633. The first kappa shape index (κ1) is 15.4. The van der Waals surface area contributed by atoms with E-state index >= 15 is 0 Å². The first-order chi connectivity index (χ1) is 10.2. The van der Waals surface area contributed by atoms with Crippen LogP contribution in [0.5, 0.6) is 11.5 Å². The molecule has 0 saturated carbocycles. The second kappa shape index (κ2) is 7.11. The van der Waals surface area contributed by atoms with E-state index < -0.39 is 0 Å². The molecule has 0 aromatic heterocycles. The molecule has 0 spiro atoms. The summed E-state index contributed by atoms with van der Waals surface area (Å²) < 4.78 is 10.9. The predicted molar refractivity (Wildman–Crippen MR) is 84.5 cm³/mol. The van der Waals surface area contributed by atoms with E-state index in [9.17, 15) is 0 Å². The Labute approximate surface area is 125 Å². The molecular formula is C17H22N2O2. The third-order valence-corrected chi connectivity index (χ3v) is 3.61. The SMILES string of the molecule is CCc1cccc(C(NN)c2c(OC)cccc2OC)c1. The van der Waals surface area contributed by atoms with E-state index in [-0.39, 0.29) is 6.04 Å². The Morgan fingerprint density at radius 2 is 1.67 bits per heavy atom. The van der Waals surface area contributed by atoms with Crippen LogP contribution in [0.2, 0.25) is 0 Å². The largest absolute Gasteiger partial charge is 0.496 e. The Hall–Kier alpha value is -2.04. The van der Waals surface area contributed by atoms with Crippen LogP contribution in [0, 0.1) is 0 Å². The average Bonchev–Trinajstić information content (AvgIpc) is 2.55. The van der Waals surface area contributed by atoms with E-state index in [1.54, 1.807) is 14.2 Å². The number of methoxy groups -OCH3 is 2. The number of nitrogens with two attached hydrogens (primary N) is 1. The first-order valence-corrected chi connectivity index (χ1v) is 7.01. The molecule has 21 heavy (non-hydrogen) atoms. The molecule has 0 radical (unpaired) electrons. The fourth-order valence-electron chi connectivity index (χ4n) is 2.50. The molecule has 0 aliphatic rings. The fourth-order valence-corrected chi connectivity index (χ4v) is 2.50. The zero-order chi connectivity index (χ0) is 15.2. The minimum atomic E-state index is -0.192. The summed E-state index contributed by atoms with van der Waals surface area (Å²) in [6.45, 7) is 2.13. The van der Waals surface area contributed by atoms with Gasteiger partial charge in [0.05, 0.1) is 25.8 Å². The van der Waals surface area contributed by atoms with Gasteiger partial charge in [0, 0.05) is 0 Å². The Morgan fingerprint density at radius 1 is 1.05 bits per heavy atom. The van der Waals surface area contributed by atoms with E-state index in [1.807, 2.05) is 24.3 Å². The fraction of sp³-hybridized carbons (Fsp3) is 0.294. The van der Waals surface area contributed by atoms with Gasteiger partial charge in [-0.15, -0.1) is 0 Å². The molecule has 2 rings (SSSR count). The molecule has 0 amide bonds. The van der Waals surface area contributed by atoms with Crippen LogP contribution in [0.25, 0.3) is 0 Å². The van der Waals surface area contributed by atoms with Gasteiger partial charge in [-0.3, -0.25) is 5.84 Å². The zero-order valence-corrected chi connectivity index (χ0v) is 12.7. The standard InChI is InChI=1S/C17H22N2O2/c1-4-12-7-5-8-13(11-12)17(19-18)16-14(20-2)9-6-10-15(16)21-3/h5-11,17,19H,4,18H2,1-3H3. The molecule has 0 aliphatic carbocycles. The number of hydrogen-bond donors (Lipinski definition) is 2. The first-order valence-electron chi connectivity index (χ1n) is 7.01. The van der Waals surface area contributed by atoms with Crippen molar-refractivity contribution in [2.75, 3.05) is 14.2 Å². The maximum Gasteiger partial charge on any atom is 0.127 e. The lowest BCUT2D eigenvalue weighted by molar-refractivity contribution is 0.377. The van der Waals surface area contributed by atoms with Crippen molar-refractivity contribution in [2.45, 2.75) is 19.4 Å². The third kappa shape index (κ3) is 3.17. The van der Waals surface area contributed by atoms with Gasteiger partial charge in [-0.1, -0.05) is 37.3 Å². The molecule has 0 heterocycles. The number of nitrogens with one attached hydrogen (secondary N) is 1. The molecule has 0 fully saturated rings. The number of aryl methyl sites for hydroxylation is 1. The van der Waals surface area contributed by atoms with E-state index in [0.29, 0.717) is 0 Å². The van der Waals surface area contributed by atoms with Crippen molar-refractivity contribution < 1.29 is 9.47 Å². The van der Waals surface area contributed by atoms with Crippen molar-refractivity contribution in [2.24, 2.45) is 5.84 Å². The summed E-state index contributed by atoms with van der Waals surface area (Å²) in [6.07, 6.45) is 0.980. The molecule has 4 heteroatoms. The van der Waals surface area contributed by atoms with Gasteiger partial charge in [0.25, 0.3) is 0 Å². The summed E-state index contributed by atoms with van der Waals surface area (Å²) >= 11 is 0. The number of benzene rings is 2. The average molecular weight is 286 g/mol. The van der Waals surface area contributed by atoms with Gasteiger partial charge in [0.15, 0.2) is 0 Å². The van der Waals surface area contributed by atoms with Crippen LogP contribution in [0.3, 0.4) is 0 Å². The minimum Gasteiger partial charge on any atom is -0.496 e. The van der Waals surface area contributed by atoms with Gasteiger partial charge in [0.1, 0.15) is 11.5 Å². The van der Waals surface area contributed by atoms with Crippen LogP contribution < -0.4 is 20.7 Å². The normalized spacial score (nSPS) is 12.0. The van der Waals surface area contributed by atoms with E-state index in [2.05, 4.69) is 30.5 Å². The number of hydrogen-bond acceptors (Lipinski definition) is 4. The van der Waals surface area contributed by atoms with Crippen LogP contribution in [-0.2, 0) is 6.42 Å². The van der Waals surface area contributed by atoms with Crippen molar-refractivity contribution >= 4 is 0 Å². The number of ether oxygens (including phenoxy) is 2. The highest BCUT2D eigenvalue weighted by Crippen LogP contribution is 2.37. The molecule has 2 aromatic carbocycles. The molecule has 112 valence electrons. The molecule has 4 nitrogen and oxygen atoms in total. The highest BCUT2D eigenvalue weighted by Gasteiger charge is 2.21. The van der Waals surface area contributed by atoms with Crippen molar-refractivity contribution in [3.05, 3.63) is 59.2 Å². The van der Waals surface area contributed by atoms with E-state index in [4.69, 9.17) is 15.3 Å². The Balaban J connectivity index is 2.55. The van der Waals surface area contributed by atoms with Crippen LogP contribution in [0.15, 0.2) is 42.5 Å². The van der Waals surface area contributed by atoms with Gasteiger partial charge in [-0.25, -0.2) is 5.43 Å². The lowest BCUT2D eigenvalue weighted by Gasteiger charge is -2.22. The lowest BCUT2D eigenvalue weighted by Crippen LogP contribution is -2.29. The lowest BCUT2D eigenvalue weighted by atomic mass is 9.95. The minimum absolute atomic E-state index is 0.192. The summed E-state index contributed by atoms with van der Waals surface area (Å²) in [7, 11) is 3.29. The van der Waals surface area contributed by atoms with Crippen molar-refractivity contribution in [1.29, 1.82) is 0 Å². The molecule has 1 unspecified atom stereocenters. The molecule has 3 N–H and O–H groups in total. The summed E-state index contributed by atoms with van der Waals surface area (Å²) in [5, 5.41) is 0. The number of rotatable bonds is 6. The van der Waals surface area contributed by atoms with E-state index in [0.717, 1.165) is 29.0 Å². The second-order valence-corrected chi connectivity index (χ2v) is 4.77. The highest BCUT2D eigenvalue weighted by atomic mass is 16.5. The molecule has 2 aromatic rings. The van der Waals surface area contributed by atoms with Crippen LogP contribution in [0.4, 0.5) is 0 Å². The van der Waals surface area contributed by atoms with Gasteiger partial charge in [0.2, 0.25) is 0 Å². The van der Waals surface area contributed by atoms with Crippen molar-refractivity contribution in [3.63, 3.8) is 0 Å². The van der Waals surface area contributed by atoms with Gasteiger partial charge in [-0.2, -0.15) is 0 Å². The maximum absolute atomic E-state index is 5.81. The topological polar surface area (TPSA) is 56.5 Å². The zero-order valence-electron chi connectivity index (χ0n) is 12.7. The van der Waals surface area contributed by atoms with Crippen molar-refractivity contribution in [3.8, 4) is 11.5 Å². The molecular weight excluding hydrogens is 264 g/mol. The smallest absolute Gasteiger partial charge is 0.127 e. The molecule has 0 bridgehead atoms. The van der Waals surface area contributed by atoms with Crippen molar-refractivity contribution in [1.82, 2.24) is 5.43 Å². The Morgan fingerprint density at radius 3 is 2.19 bits per heavy atom. The summed E-state index contributed by atoms with van der Waals surface area (Å²) in [5.41, 5.74) is 6.12.